The Kier molecular flexibility index (Phi) is 6.14. The summed E-state index contributed by atoms with van der Waals surface area (Å²) in [4.78, 5) is 28.8. The molecule has 0 radical (unpaired) electrons. The molecular weight excluding hydrogens is 364 g/mol. The van der Waals surface area contributed by atoms with Gasteiger partial charge in [-0.15, -0.1) is 0 Å². The van der Waals surface area contributed by atoms with Gasteiger partial charge in [-0.1, -0.05) is 11.6 Å². The standard InChI is InChI=1S/C16H23ClN4O5/c1-16(2,3)26-15(24)21-5-4-19-9(7-21)8-25-10-6-11(17)20-13(18)12(10)14(22)23/h6,9,19H,4-5,7-8H2,1-3H3,(H2,18,20)(H,22,23)/t9-/m1/s1. The molecule has 2 rings (SSSR count). The molecule has 1 aliphatic heterocycles. The summed E-state index contributed by atoms with van der Waals surface area (Å²) in [6, 6.07) is 1.10. The Morgan fingerprint density at radius 3 is 2.81 bits per heavy atom. The van der Waals surface area contributed by atoms with Crippen LogP contribution in [0.2, 0.25) is 5.15 Å². The van der Waals surface area contributed by atoms with Gasteiger partial charge in [-0.05, 0) is 20.8 Å². The Labute approximate surface area is 156 Å². The predicted octanol–water partition coefficient (Wildman–Crippen LogP) is 1.60. The SMILES string of the molecule is CC(C)(C)OC(=O)N1CCN[C@@H](COc2cc(Cl)nc(N)c2C(=O)O)C1. The summed E-state index contributed by atoms with van der Waals surface area (Å²) in [5.41, 5.74) is 4.80. The number of nitrogen functional groups attached to an aromatic ring is 1. The van der Waals surface area contributed by atoms with Gasteiger partial charge < -0.3 is 30.5 Å². The number of carboxylic acids is 1. The number of aromatic nitrogens is 1. The molecule has 1 aliphatic rings. The van der Waals surface area contributed by atoms with Gasteiger partial charge in [0.1, 0.15) is 34.5 Å². The van der Waals surface area contributed by atoms with Gasteiger partial charge in [0, 0.05) is 25.7 Å². The lowest BCUT2D eigenvalue weighted by atomic mass is 10.2. The Morgan fingerprint density at radius 2 is 2.19 bits per heavy atom. The summed E-state index contributed by atoms with van der Waals surface area (Å²) in [6.45, 7) is 6.99. The third-order valence-corrected chi connectivity index (χ3v) is 3.73. The molecule has 1 saturated heterocycles. The van der Waals surface area contributed by atoms with Crippen LogP contribution in [0.15, 0.2) is 6.07 Å². The minimum absolute atomic E-state index is 0.0335. The maximum absolute atomic E-state index is 12.2. The smallest absolute Gasteiger partial charge is 0.410 e. The van der Waals surface area contributed by atoms with Gasteiger partial charge in [0.25, 0.3) is 0 Å². The molecular formula is C16H23ClN4O5. The lowest BCUT2D eigenvalue weighted by Gasteiger charge is -2.34. The molecule has 10 heteroatoms. The number of carboxylic acid groups (broad SMARTS) is 1. The van der Waals surface area contributed by atoms with Crippen LogP contribution in [-0.4, -0.2) is 64.9 Å². The van der Waals surface area contributed by atoms with Crippen molar-refractivity contribution in [3.05, 3.63) is 16.8 Å². The minimum atomic E-state index is -1.26. The molecule has 1 aromatic heterocycles. The molecule has 1 amide bonds. The number of hydrogen-bond acceptors (Lipinski definition) is 7. The van der Waals surface area contributed by atoms with E-state index in [0.29, 0.717) is 19.6 Å². The lowest BCUT2D eigenvalue weighted by Crippen LogP contribution is -2.55. The van der Waals surface area contributed by atoms with Gasteiger partial charge in [0.05, 0.1) is 6.04 Å². The number of nitrogens with one attached hydrogen (secondary N) is 1. The molecule has 2 heterocycles. The van der Waals surface area contributed by atoms with E-state index in [9.17, 15) is 14.7 Å². The largest absolute Gasteiger partial charge is 0.491 e. The van der Waals surface area contributed by atoms with Crippen molar-refractivity contribution in [1.82, 2.24) is 15.2 Å². The van der Waals surface area contributed by atoms with Crippen LogP contribution in [0.1, 0.15) is 31.1 Å². The quantitative estimate of drug-likeness (QED) is 0.666. The highest BCUT2D eigenvalue weighted by molar-refractivity contribution is 6.29. The molecule has 26 heavy (non-hydrogen) atoms. The molecule has 0 unspecified atom stereocenters. The normalized spacial score (nSPS) is 17.7. The number of anilines is 1. The molecule has 0 bridgehead atoms. The van der Waals surface area contributed by atoms with E-state index in [1.54, 1.807) is 25.7 Å². The van der Waals surface area contributed by atoms with Crippen LogP contribution in [0.4, 0.5) is 10.6 Å². The Bertz CT molecular complexity index is 692. The van der Waals surface area contributed by atoms with E-state index in [-0.39, 0.29) is 34.9 Å². The van der Waals surface area contributed by atoms with Gasteiger partial charge in [-0.25, -0.2) is 14.6 Å². The number of rotatable bonds is 4. The Morgan fingerprint density at radius 1 is 1.50 bits per heavy atom. The fraction of sp³-hybridized carbons (Fsp3) is 0.562. The second-order valence-electron chi connectivity index (χ2n) is 6.90. The average Bonchev–Trinajstić information content (AvgIpc) is 2.50. The second-order valence-corrected chi connectivity index (χ2v) is 7.28. The Hall–Kier alpha value is -2.26. The van der Waals surface area contributed by atoms with Crippen molar-refractivity contribution < 1.29 is 24.2 Å². The van der Waals surface area contributed by atoms with E-state index in [4.69, 9.17) is 26.8 Å². The highest BCUT2D eigenvalue weighted by Crippen LogP contribution is 2.27. The van der Waals surface area contributed by atoms with Crippen LogP contribution in [0.3, 0.4) is 0 Å². The van der Waals surface area contributed by atoms with Crippen molar-refractivity contribution in [3.8, 4) is 5.75 Å². The highest BCUT2D eigenvalue weighted by atomic mass is 35.5. The summed E-state index contributed by atoms with van der Waals surface area (Å²) in [5.74, 6) is -1.44. The van der Waals surface area contributed by atoms with Crippen LogP contribution < -0.4 is 15.8 Å². The first-order chi connectivity index (χ1) is 12.1. The van der Waals surface area contributed by atoms with Crippen LogP contribution in [-0.2, 0) is 4.74 Å². The molecule has 1 fully saturated rings. The predicted molar refractivity (Wildman–Crippen MR) is 95.7 cm³/mol. The zero-order valence-electron chi connectivity index (χ0n) is 14.9. The molecule has 0 aliphatic carbocycles. The molecule has 1 aromatic rings. The second kappa shape index (κ2) is 7.96. The Balaban J connectivity index is 2.02. The first-order valence-electron chi connectivity index (χ1n) is 8.10. The molecule has 144 valence electrons. The number of carbonyl (C=O) groups is 2. The third kappa shape index (κ3) is 5.37. The number of carbonyl (C=O) groups excluding carboxylic acids is 1. The van der Waals surface area contributed by atoms with Gasteiger partial charge in [-0.3, -0.25) is 0 Å². The number of hydrogen-bond donors (Lipinski definition) is 3. The van der Waals surface area contributed by atoms with Crippen LogP contribution in [0.25, 0.3) is 0 Å². The maximum atomic E-state index is 12.2. The summed E-state index contributed by atoms with van der Waals surface area (Å²) in [7, 11) is 0. The minimum Gasteiger partial charge on any atom is -0.491 e. The van der Waals surface area contributed by atoms with Crippen LogP contribution >= 0.6 is 11.6 Å². The highest BCUT2D eigenvalue weighted by Gasteiger charge is 2.28. The summed E-state index contributed by atoms with van der Waals surface area (Å²) in [6.07, 6.45) is -0.397. The first-order valence-corrected chi connectivity index (χ1v) is 8.48. The zero-order valence-corrected chi connectivity index (χ0v) is 15.7. The monoisotopic (exact) mass is 386 g/mol. The van der Waals surface area contributed by atoms with Crippen molar-refractivity contribution in [1.29, 1.82) is 0 Å². The average molecular weight is 387 g/mol. The summed E-state index contributed by atoms with van der Waals surface area (Å²) < 4.78 is 11.0. The van der Waals surface area contributed by atoms with E-state index >= 15 is 0 Å². The van der Waals surface area contributed by atoms with Gasteiger partial charge in [0.15, 0.2) is 0 Å². The van der Waals surface area contributed by atoms with Crippen LogP contribution in [0, 0.1) is 0 Å². The molecule has 9 nitrogen and oxygen atoms in total. The maximum Gasteiger partial charge on any atom is 0.410 e. The summed E-state index contributed by atoms with van der Waals surface area (Å²) >= 11 is 5.83. The summed E-state index contributed by atoms with van der Waals surface area (Å²) in [5, 5.41) is 12.5. The molecule has 1 atom stereocenters. The van der Waals surface area contributed by atoms with E-state index in [2.05, 4.69) is 10.3 Å². The van der Waals surface area contributed by atoms with E-state index in [1.807, 2.05) is 0 Å². The fourth-order valence-electron chi connectivity index (χ4n) is 2.46. The number of nitrogens with zero attached hydrogens (tertiary/aromatic N) is 2. The molecule has 4 N–H and O–H groups in total. The van der Waals surface area contributed by atoms with Crippen molar-refractivity contribution in [3.63, 3.8) is 0 Å². The van der Waals surface area contributed by atoms with Gasteiger partial charge in [0.2, 0.25) is 0 Å². The number of ether oxygens (including phenoxy) is 2. The fourth-order valence-corrected chi connectivity index (χ4v) is 2.65. The number of amides is 1. The van der Waals surface area contributed by atoms with E-state index in [0.717, 1.165) is 0 Å². The van der Waals surface area contributed by atoms with Crippen molar-refractivity contribution in [2.24, 2.45) is 0 Å². The topological polar surface area (TPSA) is 127 Å². The van der Waals surface area contributed by atoms with E-state index < -0.39 is 17.7 Å². The van der Waals surface area contributed by atoms with Crippen molar-refractivity contribution in [2.45, 2.75) is 32.4 Å². The van der Waals surface area contributed by atoms with Crippen molar-refractivity contribution in [2.75, 3.05) is 32.0 Å². The number of piperazine rings is 1. The zero-order chi connectivity index (χ0) is 19.5. The van der Waals surface area contributed by atoms with E-state index in [1.165, 1.54) is 6.07 Å². The molecule has 0 aromatic carbocycles. The number of halogens is 1. The van der Waals surface area contributed by atoms with Gasteiger partial charge in [-0.2, -0.15) is 0 Å². The number of nitrogens with two attached hydrogens (primary N) is 1. The number of pyridine rings is 1. The third-order valence-electron chi connectivity index (χ3n) is 3.54. The molecule has 0 saturated carbocycles. The van der Waals surface area contributed by atoms with Crippen molar-refractivity contribution >= 4 is 29.5 Å². The number of aromatic carboxylic acids is 1. The molecule has 0 spiro atoms. The lowest BCUT2D eigenvalue weighted by molar-refractivity contribution is 0.0178. The van der Waals surface area contributed by atoms with Gasteiger partial charge >= 0.3 is 12.1 Å². The van der Waals surface area contributed by atoms with Crippen LogP contribution in [0.5, 0.6) is 5.75 Å². The first kappa shape index (κ1) is 20.1.